The minimum absolute atomic E-state index is 0.119. The molecule has 0 N–H and O–H groups in total. The first-order valence-corrected chi connectivity index (χ1v) is 9.45. The molecule has 0 unspecified atom stereocenters. The third-order valence-corrected chi connectivity index (χ3v) is 4.99. The smallest absolute Gasteiger partial charge is 0.261 e. The van der Waals surface area contributed by atoms with E-state index in [0.717, 1.165) is 0 Å². The lowest BCUT2D eigenvalue weighted by molar-refractivity contribution is 0.0672. The molecule has 4 rings (SSSR count). The number of imide groups is 1. The zero-order valence-corrected chi connectivity index (χ0v) is 16.1. The second-order valence-corrected chi connectivity index (χ2v) is 7.03. The highest BCUT2D eigenvalue weighted by Gasteiger charge is 2.34. The van der Waals surface area contributed by atoms with Crippen LogP contribution in [-0.2, 0) is 0 Å². The van der Waals surface area contributed by atoms with Crippen LogP contribution in [0.1, 0.15) is 42.2 Å². The fourth-order valence-corrected chi connectivity index (χ4v) is 3.48. The highest BCUT2D eigenvalue weighted by Crippen LogP contribution is 2.23. The Morgan fingerprint density at radius 1 is 0.862 bits per heavy atom. The molecule has 0 bridgehead atoms. The van der Waals surface area contributed by atoms with E-state index in [1.54, 1.807) is 78.9 Å². The van der Waals surface area contributed by atoms with Crippen LogP contribution >= 0.6 is 11.6 Å². The largest absolute Gasteiger partial charge is 0.289 e. The normalized spacial score (nSPS) is 13.2. The van der Waals surface area contributed by atoms with Gasteiger partial charge in [0.15, 0.2) is 5.78 Å². The number of benzene rings is 3. The van der Waals surface area contributed by atoms with Crippen LogP contribution in [0.4, 0.5) is 0 Å². The number of hydrogen-bond donors (Lipinski definition) is 0. The Bertz CT molecular complexity index is 1120. The molecule has 3 aromatic rings. The molecule has 29 heavy (non-hydrogen) atoms. The van der Waals surface area contributed by atoms with Gasteiger partial charge in [-0.2, -0.15) is 0 Å². The number of nitrogens with zero attached hydrogens (tertiary/aromatic N) is 1. The molecule has 5 heteroatoms. The fourth-order valence-electron chi connectivity index (χ4n) is 3.31. The van der Waals surface area contributed by atoms with E-state index in [4.69, 9.17) is 11.6 Å². The van der Waals surface area contributed by atoms with Crippen molar-refractivity contribution in [2.24, 2.45) is 0 Å². The second kappa shape index (κ2) is 7.86. The summed E-state index contributed by atoms with van der Waals surface area (Å²) in [5.41, 5.74) is 2.52. The van der Waals surface area contributed by atoms with Crippen molar-refractivity contribution in [1.29, 1.82) is 0 Å². The lowest BCUT2D eigenvalue weighted by atomic mass is 9.98. The molecule has 1 aliphatic rings. The molecule has 3 aromatic carbocycles. The van der Waals surface area contributed by atoms with Crippen molar-refractivity contribution in [2.45, 2.75) is 0 Å². The Morgan fingerprint density at radius 3 is 2.14 bits per heavy atom. The van der Waals surface area contributed by atoms with E-state index in [1.165, 1.54) is 4.90 Å². The fraction of sp³-hybridized carbons (Fsp3) is 0.0417. The number of rotatable bonds is 5. The quantitative estimate of drug-likeness (QED) is 0.452. The average Bonchev–Trinajstić information content (AvgIpc) is 3.00. The van der Waals surface area contributed by atoms with Crippen molar-refractivity contribution in [1.82, 2.24) is 4.90 Å². The molecule has 0 fully saturated rings. The third kappa shape index (κ3) is 3.62. The number of amides is 2. The van der Waals surface area contributed by atoms with Crippen LogP contribution < -0.4 is 0 Å². The van der Waals surface area contributed by atoms with E-state index in [9.17, 15) is 14.4 Å². The van der Waals surface area contributed by atoms with Crippen LogP contribution in [0.15, 0.2) is 78.9 Å². The lowest BCUT2D eigenvalue weighted by Crippen LogP contribution is -2.29. The van der Waals surface area contributed by atoms with E-state index in [-0.39, 0.29) is 24.1 Å². The maximum atomic E-state index is 12.9. The first-order chi connectivity index (χ1) is 14.1. The number of fused-ring (bicyclic) bond motifs is 1. The predicted molar refractivity (Wildman–Crippen MR) is 112 cm³/mol. The summed E-state index contributed by atoms with van der Waals surface area (Å²) < 4.78 is 0. The molecule has 142 valence electrons. The number of carbonyl (C=O) groups is 3. The van der Waals surface area contributed by atoms with Gasteiger partial charge in [0, 0.05) is 22.7 Å². The molecular formula is C24H16ClNO3. The summed E-state index contributed by atoms with van der Waals surface area (Å²) in [6.07, 6.45) is 3.43. The summed E-state index contributed by atoms with van der Waals surface area (Å²) in [6.45, 7) is 0.119. The molecule has 0 aromatic heterocycles. The zero-order valence-electron chi connectivity index (χ0n) is 15.3. The van der Waals surface area contributed by atoms with Crippen LogP contribution in [0.25, 0.3) is 6.08 Å². The first kappa shape index (κ1) is 18.8. The number of carbonyl (C=O) groups excluding carboxylic acids is 3. The van der Waals surface area contributed by atoms with E-state index in [1.807, 2.05) is 6.07 Å². The Kier molecular flexibility index (Phi) is 5.10. The summed E-state index contributed by atoms with van der Waals surface area (Å²) in [6, 6.07) is 20.8. The van der Waals surface area contributed by atoms with Crippen molar-refractivity contribution in [3.63, 3.8) is 0 Å². The van der Waals surface area contributed by atoms with Gasteiger partial charge in [0.25, 0.3) is 11.8 Å². The maximum absolute atomic E-state index is 12.9. The molecule has 0 atom stereocenters. The van der Waals surface area contributed by atoms with Gasteiger partial charge in [0.2, 0.25) is 0 Å². The topological polar surface area (TPSA) is 54.5 Å². The van der Waals surface area contributed by atoms with Crippen LogP contribution in [0.2, 0.25) is 5.02 Å². The van der Waals surface area contributed by atoms with Gasteiger partial charge >= 0.3 is 0 Å². The van der Waals surface area contributed by atoms with Crippen LogP contribution in [0, 0.1) is 0 Å². The van der Waals surface area contributed by atoms with Crippen LogP contribution in [0.5, 0.6) is 0 Å². The number of ketones is 1. The van der Waals surface area contributed by atoms with Crippen molar-refractivity contribution < 1.29 is 14.4 Å². The zero-order chi connectivity index (χ0) is 20.4. The number of hydrogen-bond acceptors (Lipinski definition) is 3. The van der Waals surface area contributed by atoms with E-state index < -0.39 is 0 Å². The van der Waals surface area contributed by atoms with Gasteiger partial charge in [-0.1, -0.05) is 72.3 Å². The second-order valence-electron chi connectivity index (χ2n) is 6.60. The van der Waals surface area contributed by atoms with Gasteiger partial charge in [-0.3, -0.25) is 19.3 Å². The molecule has 0 spiro atoms. The van der Waals surface area contributed by atoms with Crippen molar-refractivity contribution in [2.75, 3.05) is 6.54 Å². The first-order valence-electron chi connectivity index (χ1n) is 9.07. The lowest BCUT2D eigenvalue weighted by Gasteiger charge is -2.11. The minimum atomic E-state index is -0.313. The van der Waals surface area contributed by atoms with Gasteiger partial charge in [0.05, 0.1) is 11.1 Å². The standard InChI is InChI=1S/C24H16ClNO3/c25-18-13-12-16(21(15-18)22(27)17-7-2-1-3-8-17)9-6-14-26-23(28)19-10-4-5-11-20(19)24(26)29/h1-13,15H,14H2/b9-6-. The monoisotopic (exact) mass is 401 g/mol. The SMILES string of the molecule is O=C(c1ccccc1)c1cc(Cl)ccc1/C=C\CN1C(=O)c2ccccc2C1=O. The highest BCUT2D eigenvalue weighted by molar-refractivity contribution is 6.31. The van der Waals surface area contributed by atoms with Gasteiger partial charge in [-0.05, 0) is 29.8 Å². The summed E-state index contributed by atoms with van der Waals surface area (Å²) in [5, 5.41) is 0.460. The average molecular weight is 402 g/mol. The van der Waals surface area contributed by atoms with Gasteiger partial charge in [-0.15, -0.1) is 0 Å². The molecule has 0 radical (unpaired) electrons. The molecule has 0 aliphatic carbocycles. The molecule has 1 aliphatic heterocycles. The number of halogens is 1. The Balaban J connectivity index is 1.58. The van der Waals surface area contributed by atoms with E-state index in [0.29, 0.717) is 32.8 Å². The molecule has 4 nitrogen and oxygen atoms in total. The van der Waals surface area contributed by atoms with E-state index >= 15 is 0 Å². The predicted octanol–water partition coefficient (Wildman–Crippen LogP) is 4.88. The van der Waals surface area contributed by atoms with Crippen molar-refractivity contribution in [3.05, 3.63) is 112 Å². The van der Waals surface area contributed by atoms with Crippen LogP contribution in [-0.4, -0.2) is 29.0 Å². The van der Waals surface area contributed by atoms with Gasteiger partial charge in [-0.25, -0.2) is 0 Å². The minimum Gasteiger partial charge on any atom is -0.289 e. The summed E-state index contributed by atoms with van der Waals surface area (Å²) in [4.78, 5) is 39.0. The molecule has 1 heterocycles. The molecular weight excluding hydrogens is 386 g/mol. The molecule has 0 saturated heterocycles. The Hall–Kier alpha value is -3.50. The summed E-state index contributed by atoms with van der Waals surface area (Å²) in [5.74, 6) is -0.771. The van der Waals surface area contributed by atoms with Crippen molar-refractivity contribution in [3.8, 4) is 0 Å². The summed E-state index contributed by atoms with van der Waals surface area (Å²) in [7, 11) is 0. The Morgan fingerprint density at radius 2 is 1.48 bits per heavy atom. The molecule has 2 amide bonds. The van der Waals surface area contributed by atoms with Gasteiger partial charge < -0.3 is 0 Å². The third-order valence-electron chi connectivity index (χ3n) is 4.76. The summed E-state index contributed by atoms with van der Waals surface area (Å²) >= 11 is 6.10. The van der Waals surface area contributed by atoms with Gasteiger partial charge in [0.1, 0.15) is 0 Å². The van der Waals surface area contributed by atoms with Crippen molar-refractivity contribution >= 4 is 35.3 Å². The highest BCUT2D eigenvalue weighted by atomic mass is 35.5. The maximum Gasteiger partial charge on any atom is 0.261 e. The molecule has 0 saturated carbocycles. The van der Waals surface area contributed by atoms with Crippen LogP contribution in [0.3, 0.4) is 0 Å². The Labute approximate surface area is 173 Å². The van der Waals surface area contributed by atoms with E-state index in [2.05, 4.69) is 0 Å².